The minimum atomic E-state index is -3.57. The van der Waals surface area contributed by atoms with Crippen molar-refractivity contribution in [2.24, 2.45) is 0 Å². The highest BCUT2D eigenvalue weighted by Crippen LogP contribution is 2.22. The Bertz CT molecular complexity index is 779. The van der Waals surface area contributed by atoms with Gasteiger partial charge in [0.15, 0.2) is 0 Å². The zero-order chi connectivity index (χ0) is 16.3. The van der Waals surface area contributed by atoms with E-state index in [2.05, 4.69) is 10.3 Å². The normalized spacial score (nSPS) is 21.5. The Kier molecular flexibility index (Phi) is 4.91. The van der Waals surface area contributed by atoms with Crippen LogP contribution in [0.1, 0.15) is 6.92 Å². The van der Waals surface area contributed by atoms with Crippen LogP contribution in [0.3, 0.4) is 0 Å². The van der Waals surface area contributed by atoms with Crippen LogP contribution in [-0.2, 0) is 14.8 Å². The standard InChI is InChI=1S/C16H21N3O3S/c1-13-11-18-6-8-22-9-7-19(13)23(20,21)16-3-2-15-12-17-5-4-14(15)10-16/h2-5,10,12-13,18H,6-9,11H2,1H3. The number of pyridine rings is 1. The second kappa shape index (κ2) is 6.92. The Morgan fingerprint density at radius 2 is 2.13 bits per heavy atom. The molecule has 1 atom stereocenters. The van der Waals surface area contributed by atoms with Crippen molar-refractivity contribution in [1.82, 2.24) is 14.6 Å². The van der Waals surface area contributed by atoms with Gasteiger partial charge in [-0.25, -0.2) is 8.42 Å². The second-order valence-electron chi connectivity index (χ2n) is 5.67. The van der Waals surface area contributed by atoms with Gasteiger partial charge in [-0.05, 0) is 30.5 Å². The molecule has 0 bridgehead atoms. The van der Waals surface area contributed by atoms with E-state index in [4.69, 9.17) is 4.74 Å². The van der Waals surface area contributed by atoms with Crippen molar-refractivity contribution >= 4 is 20.8 Å². The van der Waals surface area contributed by atoms with Crippen LogP contribution in [0, 0.1) is 0 Å². The molecule has 2 aromatic rings. The molecule has 0 radical (unpaired) electrons. The first kappa shape index (κ1) is 16.3. The summed E-state index contributed by atoms with van der Waals surface area (Å²) in [5, 5.41) is 5.01. The Hall–Kier alpha value is -1.54. The number of benzene rings is 1. The summed E-state index contributed by atoms with van der Waals surface area (Å²) in [5.74, 6) is 0. The number of hydrogen-bond donors (Lipinski definition) is 1. The summed E-state index contributed by atoms with van der Waals surface area (Å²) in [5.41, 5.74) is 0. The summed E-state index contributed by atoms with van der Waals surface area (Å²) < 4.78 is 33.1. The lowest BCUT2D eigenvalue weighted by atomic mass is 10.2. The van der Waals surface area contributed by atoms with Gasteiger partial charge in [0.05, 0.1) is 18.1 Å². The molecule has 2 heterocycles. The van der Waals surface area contributed by atoms with E-state index in [9.17, 15) is 8.42 Å². The summed E-state index contributed by atoms with van der Waals surface area (Å²) in [7, 11) is -3.57. The molecule has 1 unspecified atom stereocenters. The van der Waals surface area contributed by atoms with Crippen molar-refractivity contribution in [3.63, 3.8) is 0 Å². The first-order valence-electron chi connectivity index (χ1n) is 7.73. The third-order valence-electron chi connectivity index (χ3n) is 4.03. The molecule has 3 rings (SSSR count). The highest BCUT2D eigenvalue weighted by molar-refractivity contribution is 7.89. The molecule has 23 heavy (non-hydrogen) atoms. The highest BCUT2D eigenvalue weighted by atomic mass is 32.2. The molecule has 0 aliphatic carbocycles. The molecule has 6 nitrogen and oxygen atoms in total. The number of sulfonamides is 1. The van der Waals surface area contributed by atoms with Crippen molar-refractivity contribution in [3.05, 3.63) is 36.7 Å². The molecule has 7 heteroatoms. The van der Waals surface area contributed by atoms with Crippen molar-refractivity contribution < 1.29 is 13.2 Å². The SMILES string of the molecule is CC1CNCCOCCN1S(=O)(=O)c1ccc2cnccc2c1. The number of nitrogens with zero attached hydrogens (tertiary/aromatic N) is 2. The summed E-state index contributed by atoms with van der Waals surface area (Å²) in [6.07, 6.45) is 3.39. The molecule has 1 aromatic carbocycles. The molecule has 0 spiro atoms. The van der Waals surface area contributed by atoms with Crippen molar-refractivity contribution in [3.8, 4) is 0 Å². The Morgan fingerprint density at radius 3 is 3.00 bits per heavy atom. The van der Waals surface area contributed by atoms with Gasteiger partial charge in [0.2, 0.25) is 10.0 Å². The number of nitrogens with one attached hydrogen (secondary N) is 1. The smallest absolute Gasteiger partial charge is 0.243 e. The molecule has 1 aliphatic rings. The van der Waals surface area contributed by atoms with Gasteiger partial charge in [-0.3, -0.25) is 4.98 Å². The summed E-state index contributed by atoms with van der Waals surface area (Å²) in [6.45, 7) is 4.63. The van der Waals surface area contributed by atoms with E-state index < -0.39 is 10.0 Å². The van der Waals surface area contributed by atoms with E-state index in [1.807, 2.05) is 13.0 Å². The first-order chi connectivity index (χ1) is 11.1. The van der Waals surface area contributed by atoms with E-state index in [0.717, 1.165) is 17.3 Å². The summed E-state index contributed by atoms with van der Waals surface area (Å²) >= 11 is 0. The highest BCUT2D eigenvalue weighted by Gasteiger charge is 2.29. The minimum absolute atomic E-state index is 0.130. The zero-order valence-electron chi connectivity index (χ0n) is 13.1. The van der Waals surface area contributed by atoms with Crippen LogP contribution < -0.4 is 5.32 Å². The lowest BCUT2D eigenvalue weighted by molar-refractivity contribution is 0.129. The van der Waals surface area contributed by atoms with Crippen LogP contribution in [0.2, 0.25) is 0 Å². The minimum Gasteiger partial charge on any atom is -0.379 e. The molecular weight excluding hydrogens is 314 g/mol. The van der Waals surface area contributed by atoms with Crippen LogP contribution in [-0.4, -0.2) is 56.6 Å². The van der Waals surface area contributed by atoms with Crippen LogP contribution in [0.5, 0.6) is 0 Å². The van der Waals surface area contributed by atoms with Crippen molar-refractivity contribution in [2.45, 2.75) is 17.9 Å². The monoisotopic (exact) mass is 335 g/mol. The second-order valence-corrected chi connectivity index (χ2v) is 7.56. The van der Waals surface area contributed by atoms with Gasteiger partial charge < -0.3 is 10.1 Å². The van der Waals surface area contributed by atoms with Crippen LogP contribution >= 0.6 is 0 Å². The number of hydrogen-bond acceptors (Lipinski definition) is 5. The van der Waals surface area contributed by atoms with Gasteiger partial charge in [0.25, 0.3) is 0 Å². The fourth-order valence-corrected chi connectivity index (χ4v) is 4.40. The topological polar surface area (TPSA) is 71.5 Å². The average molecular weight is 335 g/mol. The zero-order valence-corrected chi connectivity index (χ0v) is 13.9. The van der Waals surface area contributed by atoms with Crippen LogP contribution in [0.4, 0.5) is 0 Å². The maximum Gasteiger partial charge on any atom is 0.243 e. The largest absolute Gasteiger partial charge is 0.379 e. The Labute approximate surface area is 136 Å². The molecule has 124 valence electrons. The van der Waals surface area contributed by atoms with E-state index in [0.29, 0.717) is 31.2 Å². The summed E-state index contributed by atoms with van der Waals surface area (Å²) in [6, 6.07) is 6.84. The van der Waals surface area contributed by atoms with Crippen molar-refractivity contribution in [1.29, 1.82) is 0 Å². The quantitative estimate of drug-likeness (QED) is 0.894. The molecule has 1 aromatic heterocycles. The third-order valence-corrected chi connectivity index (χ3v) is 6.04. The molecule has 0 amide bonds. The van der Waals surface area contributed by atoms with Crippen LogP contribution in [0.15, 0.2) is 41.6 Å². The number of aromatic nitrogens is 1. The molecule has 1 fully saturated rings. The predicted octanol–water partition coefficient (Wildman–Crippen LogP) is 1.23. The van der Waals surface area contributed by atoms with Crippen LogP contribution in [0.25, 0.3) is 10.8 Å². The summed E-state index contributed by atoms with van der Waals surface area (Å²) in [4.78, 5) is 4.36. The molecule has 1 N–H and O–H groups in total. The number of rotatable bonds is 2. The van der Waals surface area contributed by atoms with Crippen molar-refractivity contribution in [2.75, 3.05) is 32.8 Å². The molecule has 0 saturated carbocycles. The van der Waals surface area contributed by atoms with Gasteiger partial charge in [-0.1, -0.05) is 6.07 Å². The fourth-order valence-electron chi connectivity index (χ4n) is 2.75. The molecule has 1 aliphatic heterocycles. The van der Waals surface area contributed by atoms with Gasteiger partial charge >= 0.3 is 0 Å². The Balaban J connectivity index is 1.96. The Morgan fingerprint density at radius 1 is 1.26 bits per heavy atom. The lowest BCUT2D eigenvalue weighted by Crippen LogP contribution is -2.44. The van der Waals surface area contributed by atoms with Gasteiger partial charge in [0.1, 0.15) is 0 Å². The van der Waals surface area contributed by atoms with Gasteiger partial charge in [-0.15, -0.1) is 0 Å². The average Bonchev–Trinajstić information content (AvgIpc) is 2.66. The van der Waals surface area contributed by atoms with E-state index in [-0.39, 0.29) is 6.04 Å². The number of fused-ring (bicyclic) bond motifs is 1. The van der Waals surface area contributed by atoms with E-state index in [1.54, 1.807) is 30.6 Å². The molecular formula is C16H21N3O3S. The van der Waals surface area contributed by atoms with Gasteiger partial charge in [-0.2, -0.15) is 4.31 Å². The van der Waals surface area contributed by atoms with E-state index >= 15 is 0 Å². The van der Waals surface area contributed by atoms with Gasteiger partial charge in [0, 0.05) is 43.5 Å². The third kappa shape index (κ3) is 3.53. The maximum absolute atomic E-state index is 13.0. The van der Waals surface area contributed by atoms with E-state index in [1.165, 1.54) is 4.31 Å². The fraction of sp³-hybridized carbons (Fsp3) is 0.438. The lowest BCUT2D eigenvalue weighted by Gasteiger charge is -2.27. The number of ether oxygens (including phenoxy) is 1. The first-order valence-corrected chi connectivity index (χ1v) is 9.17. The molecule has 1 saturated heterocycles. The predicted molar refractivity (Wildman–Crippen MR) is 88.8 cm³/mol. The maximum atomic E-state index is 13.0.